The highest BCUT2D eigenvalue weighted by molar-refractivity contribution is 5.89. The fraction of sp³-hybridized carbons (Fsp3) is 0.680. The summed E-state index contributed by atoms with van der Waals surface area (Å²) in [5.74, 6) is 1.56. The normalized spacial score (nSPS) is 25.3. The molecule has 0 aromatic heterocycles. The average Bonchev–Trinajstić information content (AvgIpc) is 3.48. The van der Waals surface area contributed by atoms with E-state index in [9.17, 15) is 9.59 Å². The fourth-order valence-corrected chi connectivity index (χ4v) is 6.21. The molecule has 3 fully saturated rings. The second kappa shape index (κ2) is 8.58. The Kier molecular flexibility index (Phi) is 5.78. The van der Waals surface area contributed by atoms with Crippen molar-refractivity contribution in [3.05, 3.63) is 23.3 Å². The molecule has 0 N–H and O–H groups in total. The van der Waals surface area contributed by atoms with Crippen LogP contribution in [0.1, 0.15) is 56.1 Å². The van der Waals surface area contributed by atoms with Crippen LogP contribution >= 0.6 is 0 Å². The Bertz CT molecular complexity index is 887. The van der Waals surface area contributed by atoms with E-state index in [1.54, 1.807) is 14.2 Å². The van der Waals surface area contributed by atoms with Gasteiger partial charge in [-0.1, -0.05) is 12.8 Å². The zero-order chi connectivity index (χ0) is 22.3. The summed E-state index contributed by atoms with van der Waals surface area (Å²) in [6.07, 6.45) is 7.30. The number of nitrogens with zero attached hydrogens (tertiary/aromatic N) is 2. The van der Waals surface area contributed by atoms with Crippen molar-refractivity contribution in [1.29, 1.82) is 0 Å². The number of benzene rings is 1. The Morgan fingerprint density at radius 3 is 2.47 bits per heavy atom. The number of piperidine rings is 1. The van der Waals surface area contributed by atoms with Crippen molar-refractivity contribution in [2.75, 3.05) is 40.5 Å². The van der Waals surface area contributed by atoms with E-state index >= 15 is 0 Å². The molecule has 0 radical (unpaired) electrons. The van der Waals surface area contributed by atoms with E-state index in [0.29, 0.717) is 44.5 Å². The fourth-order valence-electron chi connectivity index (χ4n) is 6.21. The summed E-state index contributed by atoms with van der Waals surface area (Å²) in [4.78, 5) is 29.8. The number of hydrogen-bond acceptors (Lipinski definition) is 5. The first-order valence-electron chi connectivity index (χ1n) is 12.0. The van der Waals surface area contributed by atoms with Crippen LogP contribution in [0.3, 0.4) is 0 Å². The number of methoxy groups -OCH3 is 2. The number of carbonyl (C=O) groups is 2. The number of rotatable bonds is 4. The molecule has 2 saturated heterocycles. The highest BCUT2D eigenvalue weighted by Crippen LogP contribution is 2.45. The van der Waals surface area contributed by atoms with Gasteiger partial charge in [0.1, 0.15) is 0 Å². The van der Waals surface area contributed by atoms with Crippen molar-refractivity contribution < 1.29 is 23.8 Å². The van der Waals surface area contributed by atoms with Gasteiger partial charge >= 0.3 is 0 Å². The number of likely N-dealkylation sites (tertiary alicyclic amines) is 2. The van der Waals surface area contributed by atoms with Crippen LogP contribution in [0.2, 0.25) is 0 Å². The van der Waals surface area contributed by atoms with E-state index in [0.717, 1.165) is 43.4 Å². The van der Waals surface area contributed by atoms with E-state index < -0.39 is 0 Å². The number of ether oxygens (including phenoxy) is 3. The molecule has 1 aromatic rings. The van der Waals surface area contributed by atoms with Crippen molar-refractivity contribution in [3.8, 4) is 11.5 Å². The van der Waals surface area contributed by atoms with Crippen molar-refractivity contribution in [1.82, 2.24) is 9.80 Å². The van der Waals surface area contributed by atoms with Crippen molar-refractivity contribution in [3.63, 3.8) is 0 Å². The molecular formula is C25H34N2O5. The van der Waals surface area contributed by atoms with Crippen LogP contribution < -0.4 is 9.47 Å². The number of hydrogen-bond donors (Lipinski definition) is 0. The molecule has 1 spiro atoms. The molecule has 5 rings (SSSR count). The molecule has 4 aliphatic rings. The molecule has 7 nitrogen and oxygen atoms in total. The summed E-state index contributed by atoms with van der Waals surface area (Å²) >= 11 is 0. The summed E-state index contributed by atoms with van der Waals surface area (Å²) in [7, 11) is 3.31. The molecular weight excluding hydrogens is 408 g/mol. The number of fused-ring (bicyclic) bond motifs is 2. The van der Waals surface area contributed by atoms with Crippen LogP contribution in [-0.2, 0) is 26.3 Å². The molecule has 7 heteroatoms. The Labute approximate surface area is 190 Å². The monoisotopic (exact) mass is 442 g/mol. The van der Waals surface area contributed by atoms with Gasteiger partial charge in [0.25, 0.3) is 0 Å². The molecule has 1 aromatic carbocycles. The number of amides is 2. The second-order valence-electron chi connectivity index (χ2n) is 9.67. The topological polar surface area (TPSA) is 68.3 Å². The minimum Gasteiger partial charge on any atom is -0.493 e. The predicted molar refractivity (Wildman–Crippen MR) is 119 cm³/mol. The molecule has 1 aliphatic carbocycles. The molecule has 2 amide bonds. The van der Waals surface area contributed by atoms with Crippen molar-refractivity contribution >= 4 is 11.8 Å². The van der Waals surface area contributed by atoms with Crippen LogP contribution in [0, 0.1) is 5.92 Å². The van der Waals surface area contributed by atoms with Gasteiger partial charge in [-0.3, -0.25) is 9.59 Å². The number of carbonyl (C=O) groups excluding carboxylic acids is 2. The van der Waals surface area contributed by atoms with E-state index in [1.165, 1.54) is 18.4 Å². The standard InChI is InChI=1S/C25H34N2O5/c1-30-21-13-17-7-12-32-25(20(17)15-22(21)31-2)8-10-26(11-9-25)24(29)18-14-23(28)27(16-18)19-5-3-4-6-19/h13,15,18-19H,3-12,14,16H2,1-2H3. The third-order valence-corrected chi connectivity index (χ3v) is 8.01. The molecule has 1 atom stereocenters. The van der Waals surface area contributed by atoms with Gasteiger partial charge in [-0.25, -0.2) is 0 Å². The van der Waals surface area contributed by atoms with Crippen molar-refractivity contribution in [2.45, 2.75) is 63.0 Å². The van der Waals surface area contributed by atoms with Gasteiger partial charge < -0.3 is 24.0 Å². The van der Waals surface area contributed by atoms with Crippen LogP contribution in [-0.4, -0.2) is 68.1 Å². The first-order valence-corrected chi connectivity index (χ1v) is 12.0. The maximum Gasteiger partial charge on any atom is 0.227 e. The molecule has 1 unspecified atom stereocenters. The van der Waals surface area contributed by atoms with E-state index in [-0.39, 0.29) is 23.3 Å². The van der Waals surface area contributed by atoms with Crippen LogP contribution in [0.25, 0.3) is 0 Å². The van der Waals surface area contributed by atoms with Gasteiger partial charge in [0.15, 0.2) is 11.5 Å². The average molecular weight is 443 g/mol. The zero-order valence-electron chi connectivity index (χ0n) is 19.2. The summed E-state index contributed by atoms with van der Waals surface area (Å²) in [6.45, 7) is 2.58. The molecule has 0 bridgehead atoms. The molecule has 3 aliphatic heterocycles. The Morgan fingerprint density at radius 1 is 1.09 bits per heavy atom. The SMILES string of the molecule is COc1cc2c(cc1OC)C1(CCN(C(=O)C3CC(=O)N(C4CCCC4)C3)CC1)OCC2. The highest BCUT2D eigenvalue weighted by atomic mass is 16.5. The Morgan fingerprint density at radius 2 is 1.78 bits per heavy atom. The molecule has 3 heterocycles. The van der Waals surface area contributed by atoms with Gasteiger partial charge in [0, 0.05) is 32.1 Å². The van der Waals surface area contributed by atoms with Crippen LogP contribution in [0.4, 0.5) is 0 Å². The lowest BCUT2D eigenvalue weighted by Gasteiger charge is -2.45. The Balaban J connectivity index is 1.28. The van der Waals surface area contributed by atoms with Crippen molar-refractivity contribution in [2.24, 2.45) is 5.92 Å². The third-order valence-electron chi connectivity index (χ3n) is 8.01. The molecule has 32 heavy (non-hydrogen) atoms. The lowest BCUT2D eigenvalue weighted by molar-refractivity contribution is -0.144. The smallest absolute Gasteiger partial charge is 0.227 e. The first-order chi connectivity index (χ1) is 15.5. The Hall–Kier alpha value is -2.28. The highest BCUT2D eigenvalue weighted by Gasteiger charge is 2.45. The van der Waals surface area contributed by atoms with Gasteiger partial charge in [-0.15, -0.1) is 0 Å². The summed E-state index contributed by atoms with van der Waals surface area (Å²) in [5, 5.41) is 0. The first kappa shape index (κ1) is 21.6. The summed E-state index contributed by atoms with van der Waals surface area (Å²) in [6, 6.07) is 4.47. The largest absolute Gasteiger partial charge is 0.493 e. The maximum atomic E-state index is 13.3. The summed E-state index contributed by atoms with van der Waals surface area (Å²) < 4.78 is 17.4. The quantitative estimate of drug-likeness (QED) is 0.717. The van der Waals surface area contributed by atoms with Gasteiger partial charge in [0.2, 0.25) is 11.8 Å². The van der Waals surface area contributed by atoms with E-state index in [2.05, 4.69) is 12.1 Å². The van der Waals surface area contributed by atoms with Crippen LogP contribution in [0.5, 0.6) is 11.5 Å². The lowest BCUT2D eigenvalue weighted by Crippen LogP contribution is -2.50. The minimum atomic E-state index is -0.384. The maximum absolute atomic E-state index is 13.3. The van der Waals surface area contributed by atoms with E-state index in [1.807, 2.05) is 9.80 Å². The minimum absolute atomic E-state index is 0.136. The third kappa shape index (κ3) is 3.64. The predicted octanol–water partition coefficient (Wildman–Crippen LogP) is 2.89. The summed E-state index contributed by atoms with van der Waals surface area (Å²) in [5.41, 5.74) is 2.02. The van der Waals surface area contributed by atoms with Gasteiger partial charge in [0.05, 0.1) is 32.3 Å². The lowest BCUT2D eigenvalue weighted by atomic mass is 9.79. The molecule has 174 valence electrons. The van der Waals surface area contributed by atoms with Crippen LogP contribution in [0.15, 0.2) is 12.1 Å². The second-order valence-corrected chi connectivity index (χ2v) is 9.67. The van der Waals surface area contributed by atoms with E-state index in [4.69, 9.17) is 14.2 Å². The molecule has 1 saturated carbocycles. The zero-order valence-corrected chi connectivity index (χ0v) is 19.2. The van der Waals surface area contributed by atoms with Gasteiger partial charge in [-0.2, -0.15) is 0 Å². The van der Waals surface area contributed by atoms with Gasteiger partial charge in [-0.05, 0) is 55.4 Å².